The topological polar surface area (TPSA) is 83.7 Å². The minimum absolute atomic E-state index is 0.0732. The molecule has 3 rings (SSSR count). The van der Waals surface area contributed by atoms with Crippen LogP contribution in [-0.2, 0) is 4.74 Å². The molecule has 134 valence electrons. The molecule has 2 heterocycles. The van der Waals surface area contributed by atoms with E-state index in [4.69, 9.17) is 19.9 Å². The molecule has 0 bridgehead atoms. The van der Waals surface area contributed by atoms with Crippen molar-refractivity contribution in [2.24, 2.45) is 11.7 Å². The molecule has 1 aromatic carbocycles. The summed E-state index contributed by atoms with van der Waals surface area (Å²) in [6.45, 7) is 5.91. The summed E-state index contributed by atoms with van der Waals surface area (Å²) in [6, 6.07) is 5.35. The lowest BCUT2D eigenvalue weighted by Crippen LogP contribution is -2.23. The van der Waals surface area contributed by atoms with Crippen LogP contribution in [0.5, 0.6) is 11.6 Å². The normalized spacial score (nSPS) is 17.6. The molecule has 6 nitrogen and oxygen atoms in total. The van der Waals surface area contributed by atoms with E-state index in [0.29, 0.717) is 29.7 Å². The average molecular weight is 344 g/mol. The first-order chi connectivity index (χ1) is 12.0. The summed E-state index contributed by atoms with van der Waals surface area (Å²) < 4.78 is 17.2. The lowest BCUT2D eigenvalue weighted by Gasteiger charge is -2.22. The van der Waals surface area contributed by atoms with Gasteiger partial charge < -0.3 is 19.9 Å². The van der Waals surface area contributed by atoms with Crippen LogP contribution in [-0.4, -0.2) is 36.8 Å². The van der Waals surface area contributed by atoms with Gasteiger partial charge in [-0.25, -0.2) is 4.98 Å². The molecule has 6 heteroatoms. The fourth-order valence-electron chi connectivity index (χ4n) is 2.97. The van der Waals surface area contributed by atoms with Gasteiger partial charge in [-0.1, -0.05) is 0 Å². The summed E-state index contributed by atoms with van der Waals surface area (Å²) in [4.78, 5) is 16.1. The lowest BCUT2D eigenvalue weighted by molar-refractivity contribution is 0.0347. The molecule has 1 aliphatic rings. The van der Waals surface area contributed by atoms with Crippen LogP contribution >= 0.6 is 0 Å². The highest BCUT2D eigenvalue weighted by atomic mass is 16.5. The van der Waals surface area contributed by atoms with E-state index in [2.05, 4.69) is 4.98 Å². The zero-order valence-electron chi connectivity index (χ0n) is 14.7. The van der Waals surface area contributed by atoms with Gasteiger partial charge in [0, 0.05) is 24.1 Å². The van der Waals surface area contributed by atoms with Crippen molar-refractivity contribution in [3.63, 3.8) is 0 Å². The molecule has 0 spiro atoms. The van der Waals surface area contributed by atoms with Crippen LogP contribution in [0.25, 0.3) is 10.8 Å². The number of pyridine rings is 1. The van der Waals surface area contributed by atoms with Gasteiger partial charge in [0.25, 0.3) is 5.91 Å². The Morgan fingerprint density at radius 1 is 1.44 bits per heavy atom. The number of hydrogen-bond acceptors (Lipinski definition) is 5. The molecule has 0 radical (unpaired) electrons. The largest absolute Gasteiger partial charge is 0.490 e. The first-order valence-corrected chi connectivity index (χ1v) is 8.64. The summed E-state index contributed by atoms with van der Waals surface area (Å²) in [6.07, 6.45) is 3.75. The lowest BCUT2D eigenvalue weighted by atomic mass is 10.0. The molecule has 25 heavy (non-hydrogen) atoms. The standard InChI is InChI=1S/C19H24N2O4/c1-12(2)25-17-9-15-14(8-16(17)18(20)22)5-6-21-19(15)24-11-13-4-3-7-23-10-13/h5-6,8-9,12-13H,3-4,7,10-11H2,1-2H3,(H2,20,22)/t13-/m0/s1. The number of hydrogen-bond donors (Lipinski definition) is 1. The highest BCUT2D eigenvalue weighted by Crippen LogP contribution is 2.31. The monoisotopic (exact) mass is 344 g/mol. The van der Waals surface area contributed by atoms with Crippen LogP contribution in [0, 0.1) is 5.92 Å². The van der Waals surface area contributed by atoms with Crippen LogP contribution in [0.1, 0.15) is 37.0 Å². The maximum absolute atomic E-state index is 11.7. The molecule has 1 fully saturated rings. The van der Waals surface area contributed by atoms with Crippen LogP contribution < -0.4 is 15.2 Å². The van der Waals surface area contributed by atoms with Crippen LogP contribution in [0.15, 0.2) is 24.4 Å². The molecular weight excluding hydrogens is 320 g/mol. The van der Waals surface area contributed by atoms with Gasteiger partial charge in [0.2, 0.25) is 5.88 Å². The number of amides is 1. The molecule has 1 saturated heterocycles. The first kappa shape index (κ1) is 17.5. The van der Waals surface area contributed by atoms with Crippen LogP contribution in [0.3, 0.4) is 0 Å². The second kappa shape index (κ2) is 7.70. The van der Waals surface area contributed by atoms with Crippen molar-refractivity contribution >= 4 is 16.7 Å². The van der Waals surface area contributed by atoms with Gasteiger partial charge in [-0.05, 0) is 50.3 Å². The maximum atomic E-state index is 11.7. The molecule has 0 unspecified atom stereocenters. The smallest absolute Gasteiger partial charge is 0.252 e. The van der Waals surface area contributed by atoms with E-state index >= 15 is 0 Å². The molecule has 1 aromatic heterocycles. The maximum Gasteiger partial charge on any atom is 0.252 e. The quantitative estimate of drug-likeness (QED) is 0.871. The number of fused-ring (bicyclic) bond motifs is 1. The molecule has 1 amide bonds. The summed E-state index contributed by atoms with van der Waals surface area (Å²) >= 11 is 0. The second-order valence-electron chi connectivity index (χ2n) is 6.61. The van der Waals surface area contributed by atoms with Crippen molar-refractivity contribution in [3.8, 4) is 11.6 Å². The van der Waals surface area contributed by atoms with Crippen molar-refractivity contribution in [2.45, 2.75) is 32.8 Å². The van der Waals surface area contributed by atoms with Gasteiger partial charge in [0.15, 0.2) is 0 Å². The number of carbonyl (C=O) groups excluding carboxylic acids is 1. The van der Waals surface area contributed by atoms with Crippen LogP contribution in [0.4, 0.5) is 0 Å². The minimum atomic E-state index is -0.517. The van der Waals surface area contributed by atoms with Crippen molar-refractivity contribution in [3.05, 3.63) is 30.0 Å². The van der Waals surface area contributed by atoms with Crippen molar-refractivity contribution in [1.29, 1.82) is 0 Å². The Hall–Kier alpha value is -2.34. The molecule has 1 aliphatic heterocycles. The number of benzene rings is 1. The SMILES string of the molecule is CC(C)Oc1cc2c(OC[C@H]3CCCOC3)nccc2cc1C(N)=O. The number of primary amides is 1. The van der Waals surface area contributed by atoms with E-state index in [1.54, 1.807) is 18.3 Å². The zero-order chi connectivity index (χ0) is 17.8. The highest BCUT2D eigenvalue weighted by Gasteiger charge is 2.18. The van der Waals surface area contributed by atoms with Gasteiger partial charge in [-0.3, -0.25) is 4.79 Å². The average Bonchev–Trinajstić information content (AvgIpc) is 2.59. The third-order valence-corrected chi connectivity index (χ3v) is 4.17. The van der Waals surface area contributed by atoms with E-state index in [-0.39, 0.29) is 6.10 Å². The summed E-state index contributed by atoms with van der Waals surface area (Å²) in [5.74, 6) is 0.847. The van der Waals surface area contributed by atoms with Crippen molar-refractivity contribution < 1.29 is 19.0 Å². The van der Waals surface area contributed by atoms with Gasteiger partial charge in [-0.15, -0.1) is 0 Å². The highest BCUT2D eigenvalue weighted by molar-refractivity contribution is 6.01. The molecule has 0 aliphatic carbocycles. The summed E-state index contributed by atoms with van der Waals surface area (Å²) in [5, 5.41) is 1.65. The Balaban J connectivity index is 1.91. The Bertz CT molecular complexity index is 754. The Morgan fingerprint density at radius 3 is 2.96 bits per heavy atom. The Kier molecular flexibility index (Phi) is 5.38. The van der Waals surface area contributed by atoms with E-state index < -0.39 is 5.91 Å². The molecular formula is C19H24N2O4. The number of rotatable bonds is 6. The first-order valence-electron chi connectivity index (χ1n) is 8.64. The van der Waals surface area contributed by atoms with Crippen LogP contribution in [0.2, 0.25) is 0 Å². The molecule has 1 atom stereocenters. The fraction of sp³-hybridized carbons (Fsp3) is 0.474. The minimum Gasteiger partial charge on any atom is -0.490 e. The Morgan fingerprint density at radius 2 is 2.28 bits per heavy atom. The Labute approximate surface area is 147 Å². The molecule has 2 aromatic rings. The van der Waals surface area contributed by atoms with E-state index in [1.165, 1.54) is 0 Å². The number of carbonyl (C=O) groups is 1. The predicted octanol–water partition coefficient (Wildman–Crippen LogP) is 2.93. The number of nitrogens with two attached hydrogens (primary N) is 1. The van der Waals surface area contributed by atoms with E-state index in [9.17, 15) is 4.79 Å². The van der Waals surface area contributed by atoms with E-state index in [0.717, 1.165) is 36.8 Å². The zero-order valence-corrected chi connectivity index (χ0v) is 14.7. The third-order valence-electron chi connectivity index (χ3n) is 4.17. The fourth-order valence-corrected chi connectivity index (χ4v) is 2.97. The summed E-state index contributed by atoms with van der Waals surface area (Å²) in [7, 11) is 0. The van der Waals surface area contributed by atoms with E-state index in [1.807, 2.05) is 19.9 Å². The van der Waals surface area contributed by atoms with Crippen molar-refractivity contribution in [1.82, 2.24) is 4.98 Å². The molecule has 2 N–H and O–H groups in total. The second-order valence-corrected chi connectivity index (χ2v) is 6.61. The summed E-state index contributed by atoms with van der Waals surface area (Å²) in [5.41, 5.74) is 5.86. The van der Waals surface area contributed by atoms with Gasteiger partial charge >= 0.3 is 0 Å². The number of ether oxygens (including phenoxy) is 3. The molecule has 0 saturated carbocycles. The predicted molar refractivity (Wildman–Crippen MR) is 95.1 cm³/mol. The van der Waals surface area contributed by atoms with Crippen molar-refractivity contribution in [2.75, 3.05) is 19.8 Å². The number of nitrogens with zero attached hydrogens (tertiary/aromatic N) is 1. The third kappa shape index (κ3) is 4.20. The van der Waals surface area contributed by atoms with Gasteiger partial charge in [0.05, 0.1) is 24.9 Å². The van der Waals surface area contributed by atoms with Gasteiger partial charge in [0.1, 0.15) is 5.75 Å². The van der Waals surface area contributed by atoms with Gasteiger partial charge in [-0.2, -0.15) is 0 Å². The number of aromatic nitrogens is 1.